The second-order valence-electron chi connectivity index (χ2n) is 7.00. The number of amides is 1. The number of hydrogen-bond donors (Lipinski definition) is 1. The minimum atomic E-state index is -0.549. The van der Waals surface area contributed by atoms with Crippen LogP contribution in [0.5, 0.6) is 0 Å². The second kappa shape index (κ2) is 7.15. The van der Waals surface area contributed by atoms with Gasteiger partial charge >= 0.3 is 0 Å². The number of fused-ring (bicyclic) bond motifs is 1. The maximum Gasteiger partial charge on any atom is 0.217 e. The molecule has 0 aromatic heterocycles. The maximum absolute atomic E-state index is 13.9. The van der Waals surface area contributed by atoms with Gasteiger partial charge in [0.1, 0.15) is 11.6 Å². The van der Waals surface area contributed by atoms with Crippen molar-refractivity contribution in [2.75, 3.05) is 20.2 Å². The lowest BCUT2D eigenvalue weighted by Crippen LogP contribution is -2.49. The third-order valence-electron chi connectivity index (χ3n) is 5.29. The molecular formula is C18H24F2N2O2. The Balaban J connectivity index is 1.64. The van der Waals surface area contributed by atoms with Crippen LogP contribution in [0.3, 0.4) is 0 Å². The number of nitrogens with zero attached hydrogens (tertiary/aromatic N) is 1. The molecule has 1 aliphatic heterocycles. The van der Waals surface area contributed by atoms with Gasteiger partial charge in [-0.25, -0.2) is 8.78 Å². The first-order valence-electron chi connectivity index (χ1n) is 8.42. The van der Waals surface area contributed by atoms with Gasteiger partial charge in [0.2, 0.25) is 5.91 Å². The highest BCUT2D eigenvalue weighted by Gasteiger charge is 2.42. The minimum Gasteiger partial charge on any atom is -0.379 e. The number of rotatable bonds is 4. The van der Waals surface area contributed by atoms with Crippen LogP contribution in [0.2, 0.25) is 0 Å². The number of likely N-dealkylation sites (tertiary alicyclic amines) is 1. The van der Waals surface area contributed by atoms with Crippen molar-refractivity contribution in [3.05, 3.63) is 35.4 Å². The molecule has 1 N–H and O–H groups in total. The normalized spacial score (nSPS) is 30.2. The monoisotopic (exact) mass is 338 g/mol. The highest BCUT2D eigenvalue weighted by molar-refractivity contribution is 5.73. The fraction of sp³-hybridized carbons (Fsp3) is 0.611. The number of hydrogen-bond acceptors (Lipinski definition) is 3. The molecule has 0 unspecified atom stereocenters. The van der Waals surface area contributed by atoms with Crippen LogP contribution in [-0.4, -0.2) is 43.2 Å². The van der Waals surface area contributed by atoms with Gasteiger partial charge in [-0.2, -0.15) is 0 Å². The molecule has 4 nitrogen and oxygen atoms in total. The number of ether oxygens (including phenoxy) is 1. The first-order chi connectivity index (χ1) is 11.5. The molecule has 132 valence electrons. The summed E-state index contributed by atoms with van der Waals surface area (Å²) in [4.78, 5) is 13.6. The minimum absolute atomic E-state index is 0.0256. The fourth-order valence-corrected chi connectivity index (χ4v) is 4.20. The Morgan fingerprint density at radius 3 is 2.62 bits per heavy atom. The first-order valence-corrected chi connectivity index (χ1v) is 8.42. The quantitative estimate of drug-likeness (QED) is 0.916. The molecule has 4 atom stereocenters. The summed E-state index contributed by atoms with van der Waals surface area (Å²) in [6, 6.07) is 3.79. The SMILES string of the molecule is CO[C@@H]1C[C@H]2CN(Cc3ccc(F)cc3F)C[C@H]2C[C@H]1NC(C)=O. The average molecular weight is 338 g/mol. The van der Waals surface area contributed by atoms with Crippen LogP contribution in [0.25, 0.3) is 0 Å². The number of carbonyl (C=O) groups excluding carboxylic acids is 1. The molecule has 0 spiro atoms. The van der Waals surface area contributed by atoms with Crippen LogP contribution in [0.15, 0.2) is 18.2 Å². The average Bonchev–Trinajstić information content (AvgIpc) is 2.90. The van der Waals surface area contributed by atoms with Crippen molar-refractivity contribution in [1.29, 1.82) is 0 Å². The van der Waals surface area contributed by atoms with Crippen molar-refractivity contribution in [2.24, 2.45) is 11.8 Å². The van der Waals surface area contributed by atoms with E-state index in [9.17, 15) is 13.6 Å². The number of benzene rings is 1. The van der Waals surface area contributed by atoms with Gasteiger partial charge < -0.3 is 10.1 Å². The van der Waals surface area contributed by atoms with Crippen LogP contribution >= 0.6 is 0 Å². The molecule has 1 heterocycles. The first kappa shape index (κ1) is 17.3. The van der Waals surface area contributed by atoms with E-state index < -0.39 is 11.6 Å². The Morgan fingerprint density at radius 2 is 2.00 bits per heavy atom. The maximum atomic E-state index is 13.9. The van der Waals surface area contributed by atoms with Gasteiger partial charge in [0.15, 0.2) is 0 Å². The molecule has 0 bridgehead atoms. The molecule has 6 heteroatoms. The molecule has 1 aromatic carbocycles. The van der Waals surface area contributed by atoms with E-state index in [0.717, 1.165) is 32.0 Å². The smallest absolute Gasteiger partial charge is 0.217 e. The van der Waals surface area contributed by atoms with Crippen molar-refractivity contribution < 1.29 is 18.3 Å². The molecule has 1 saturated heterocycles. The van der Waals surface area contributed by atoms with E-state index in [4.69, 9.17) is 4.74 Å². The molecule has 1 aliphatic carbocycles. The Hall–Kier alpha value is -1.53. The standard InChI is InChI=1S/C18H24F2N2O2/c1-11(23)21-17-5-13-9-22(10-14(13)6-18(17)24-2)8-12-3-4-15(19)7-16(12)20/h3-4,7,13-14,17-18H,5-6,8-10H2,1-2H3,(H,21,23)/t13-,14+,17-,18-/m1/s1. The summed E-state index contributed by atoms with van der Waals surface area (Å²) < 4.78 is 32.5. The van der Waals surface area contributed by atoms with Gasteiger partial charge in [-0.1, -0.05) is 6.07 Å². The van der Waals surface area contributed by atoms with Gasteiger partial charge in [0, 0.05) is 45.3 Å². The van der Waals surface area contributed by atoms with E-state index in [1.54, 1.807) is 7.11 Å². The number of nitrogens with one attached hydrogen (secondary N) is 1. The molecule has 1 saturated carbocycles. The Bertz CT molecular complexity index is 611. The predicted octanol–water partition coefficient (Wildman–Crippen LogP) is 2.33. The van der Waals surface area contributed by atoms with E-state index in [1.165, 1.54) is 19.1 Å². The van der Waals surface area contributed by atoms with Crippen molar-refractivity contribution >= 4 is 5.91 Å². The van der Waals surface area contributed by atoms with Crippen LogP contribution in [0.1, 0.15) is 25.3 Å². The zero-order valence-corrected chi connectivity index (χ0v) is 14.1. The molecule has 2 aliphatic rings. The van der Waals surface area contributed by atoms with Crippen molar-refractivity contribution in [3.63, 3.8) is 0 Å². The fourth-order valence-electron chi connectivity index (χ4n) is 4.20. The van der Waals surface area contributed by atoms with E-state index in [-0.39, 0.29) is 18.1 Å². The Morgan fingerprint density at radius 1 is 1.29 bits per heavy atom. The molecule has 0 radical (unpaired) electrons. The topological polar surface area (TPSA) is 41.6 Å². The van der Waals surface area contributed by atoms with E-state index in [0.29, 0.717) is 23.9 Å². The van der Waals surface area contributed by atoms with Crippen LogP contribution in [0, 0.1) is 23.5 Å². The summed E-state index contributed by atoms with van der Waals surface area (Å²) in [6.07, 6.45) is 1.80. The van der Waals surface area contributed by atoms with Gasteiger partial charge in [-0.15, -0.1) is 0 Å². The zero-order valence-electron chi connectivity index (χ0n) is 14.1. The highest BCUT2D eigenvalue weighted by atomic mass is 19.1. The van der Waals surface area contributed by atoms with Crippen LogP contribution < -0.4 is 5.32 Å². The molecular weight excluding hydrogens is 314 g/mol. The lowest BCUT2D eigenvalue weighted by atomic mass is 9.77. The predicted molar refractivity (Wildman–Crippen MR) is 86.3 cm³/mol. The van der Waals surface area contributed by atoms with E-state index >= 15 is 0 Å². The molecule has 1 aromatic rings. The lowest BCUT2D eigenvalue weighted by molar-refractivity contribution is -0.121. The summed E-state index contributed by atoms with van der Waals surface area (Å²) in [7, 11) is 1.68. The molecule has 2 fully saturated rings. The summed E-state index contributed by atoms with van der Waals surface area (Å²) in [5.41, 5.74) is 0.525. The van der Waals surface area contributed by atoms with Crippen LogP contribution in [-0.2, 0) is 16.1 Å². The highest BCUT2D eigenvalue weighted by Crippen LogP contribution is 2.38. The van der Waals surface area contributed by atoms with Gasteiger partial charge in [-0.05, 0) is 30.7 Å². The molecule has 1 amide bonds. The van der Waals surface area contributed by atoms with Crippen molar-refractivity contribution in [2.45, 2.75) is 38.5 Å². The van der Waals surface area contributed by atoms with E-state index in [1.807, 2.05) is 0 Å². The third kappa shape index (κ3) is 3.75. The Kier molecular flexibility index (Phi) is 5.15. The third-order valence-corrected chi connectivity index (χ3v) is 5.29. The number of carbonyl (C=O) groups is 1. The summed E-state index contributed by atoms with van der Waals surface area (Å²) in [5.74, 6) is -0.118. The second-order valence-corrected chi connectivity index (χ2v) is 7.00. The molecule has 24 heavy (non-hydrogen) atoms. The lowest BCUT2D eigenvalue weighted by Gasteiger charge is -2.37. The zero-order chi connectivity index (χ0) is 17.3. The van der Waals surface area contributed by atoms with Gasteiger partial charge in [0.05, 0.1) is 12.1 Å². The van der Waals surface area contributed by atoms with Crippen molar-refractivity contribution in [3.8, 4) is 0 Å². The van der Waals surface area contributed by atoms with E-state index in [2.05, 4.69) is 10.2 Å². The van der Waals surface area contributed by atoms with Gasteiger partial charge in [0.25, 0.3) is 0 Å². The van der Waals surface area contributed by atoms with Gasteiger partial charge in [-0.3, -0.25) is 9.69 Å². The summed E-state index contributed by atoms with van der Waals surface area (Å²) >= 11 is 0. The molecule has 3 rings (SSSR count). The Labute approximate surface area is 141 Å². The number of halogens is 2. The number of methoxy groups -OCH3 is 1. The summed E-state index contributed by atoms with van der Waals surface area (Å²) in [5, 5.41) is 2.99. The van der Waals surface area contributed by atoms with Crippen molar-refractivity contribution in [1.82, 2.24) is 10.2 Å². The summed E-state index contributed by atoms with van der Waals surface area (Å²) in [6.45, 7) is 3.76. The van der Waals surface area contributed by atoms with Crippen LogP contribution in [0.4, 0.5) is 8.78 Å². The largest absolute Gasteiger partial charge is 0.379 e.